The molecular formula is C16H20N4O4. The van der Waals surface area contributed by atoms with E-state index in [-0.39, 0.29) is 11.4 Å². The van der Waals surface area contributed by atoms with Crippen molar-refractivity contribution in [2.45, 2.75) is 41.5 Å². The summed E-state index contributed by atoms with van der Waals surface area (Å²) in [6, 6.07) is 3.13. The fourth-order valence-corrected chi connectivity index (χ4v) is 1.65. The first-order valence-corrected chi connectivity index (χ1v) is 6.95. The molecule has 128 valence electrons. The highest BCUT2D eigenvalue weighted by Gasteiger charge is 2.29. The monoisotopic (exact) mass is 332 g/mol. The van der Waals surface area contributed by atoms with E-state index >= 15 is 0 Å². The highest BCUT2D eigenvalue weighted by Crippen LogP contribution is 2.34. The molecule has 0 aliphatic carbocycles. The molecule has 0 unspecified atom stereocenters. The van der Waals surface area contributed by atoms with Crippen molar-refractivity contribution < 1.29 is 19.8 Å². The molecule has 0 aromatic carbocycles. The molecule has 8 nitrogen and oxygen atoms in total. The number of hydrogen-bond donors (Lipinski definition) is 2. The average molecular weight is 332 g/mol. The molecular weight excluding hydrogens is 312 g/mol. The van der Waals surface area contributed by atoms with E-state index in [2.05, 4.69) is 10.2 Å². The number of azo groups is 1. The summed E-state index contributed by atoms with van der Waals surface area (Å²) in [4.78, 5) is 22.4. The summed E-state index contributed by atoms with van der Waals surface area (Å²) in [5, 5.41) is 44.0. The van der Waals surface area contributed by atoms with E-state index in [1.807, 2.05) is 0 Å². The van der Waals surface area contributed by atoms with Gasteiger partial charge in [-0.05, 0) is 0 Å². The van der Waals surface area contributed by atoms with Gasteiger partial charge in [-0.1, -0.05) is 41.5 Å². The van der Waals surface area contributed by atoms with Crippen LogP contribution in [0.15, 0.2) is 32.8 Å². The Morgan fingerprint density at radius 2 is 1.00 bits per heavy atom. The predicted molar refractivity (Wildman–Crippen MR) is 84.3 cm³/mol. The normalized spacial score (nSPS) is 14.3. The van der Waals surface area contributed by atoms with Crippen LogP contribution in [0.4, 0.5) is 0 Å². The van der Waals surface area contributed by atoms with Crippen LogP contribution >= 0.6 is 0 Å². The number of carbonyl (C=O) groups is 2. The molecule has 0 saturated heterocycles. The van der Waals surface area contributed by atoms with Gasteiger partial charge in [-0.2, -0.15) is 20.8 Å². The zero-order valence-electron chi connectivity index (χ0n) is 14.5. The molecule has 8 heteroatoms. The van der Waals surface area contributed by atoms with Crippen LogP contribution in [0.5, 0.6) is 0 Å². The maximum absolute atomic E-state index is 11.2. The van der Waals surface area contributed by atoms with Crippen molar-refractivity contribution in [3.63, 3.8) is 0 Å². The van der Waals surface area contributed by atoms with Crippen LogP contribution in [0, 0.1) is 33.5 Å². The van der Waals surface area contributed by atoms with Gasteiger partial charge in [0.25, 0.3) is 0 Å². The molecule has 0 bridgehead atoms. The lowest BCUT2D eigenvalue weighted by Crippen LogP contribution is -2.16. The fraction of sp³-hybridized carbons (Fsp3) is 0.500. The molecule has 0 heterocycles. The van der Waals surface area contributed by atoms with Gasteiger partial charge in [0.15, 0.2) is 11.1 Å². The number of rotatable bonds is 4. The van der Waals surface area contributed by atoms with Crippen molar-refractivity contribution in [2.24, 2.45) is 21.1 Å². The Bertz CT molecular complexity index is 655. The first-order valence-electron chi connectivity index (χ1n) is 6.95. The van der Waals surface area contributed by atoms with Gasteiger partial charge in [-0.25, -0.2) is 9.59 Å². The van der Waals surface area contributed by atoms with Gasteiger partial charge in [0, 0.05) is 10.8 Å². The Balaban J connectivity index is 6.60. The number of allylic oxidation sites excluding steroid dienone is 2. The van der Waals surface area contributed by atoms with Gasteiger partial charge in [-0.3, -0.25) is 0 Å². The van der Waals surface area contributed by atoms with Crippen molar-refractivity contribution >= 4 is 11.9 Å². The number of carboxylic acid groups (broad SMARTS) is 2. The quantitative estimate of drug-likeness (QED) is 0.458. The summed E-state index contributed by atoms with van der Waals surface area (Å²) in [6.07, 6.45) is 0. The van der Waals surface area contributed by atoms with Crippen LogP contribution in [-0.2, 0) is 9.59 Å². The van der Waals surface area contributed by atoms with Crippen LogP contribution in [0.25, 0.3) is 0 Å². The van der Waals surface area contributed by atoms with E-state index < -0.39 is 33.9 Å². The van der Waals surface area contributed by atoms with Crippen LogP contribution in [0.2, 0.25) is 0 Å². The first kappa shape index (κ1) is 21.0. The van der Waals surface area contributed by atoms with E-state index in [1.165, 1.54) is 0 Å². The van der Waals surface area contributed by atoms with Gasteiger partial charge in [-0.15, -0.1) is 0 Å². The number of aliphatic carboxylic acids is 2. The lowest BCUT2D eigenvalue weighted by molar-refractivity contribution is -0.133. The summed E-state index contributed by atoms with van der Waals surface area (Å²) in [5.74, 6) is -2.91. The van der Waals surface area contributed by atoms with E-state index in [1.54, 1.807) is 53.7 Å². The van der Waals surface area contributed by atoms with Gasteiger partial charge in [0.05, 0.1) is 11.4 Å². The second-order valence-electron chi connectivity index (χ2n) is 6.98. The van der Waals surface area contributed by atoms with E-state index in [9.17, 15) is 9.59 Å². The van der Waals surface area contributed by atoms with Crippen LogP contribution in [0.3, 0.4) is 0 Å². The minimum atomic E-state index is -1.46. The molecule has 0 aliphatic rings. The first-order chi connectivity index (χ1) is 10.8. The minimum absolute atomic E-state index is 0.109. The number of nitrogens with zero attached hydrogens (tertiary/aromatic N) is 4. The summed E-state index contributed by atoms with van der Waals surface area (Å²) in [6.45, 7) is 9.86. The third-order valence-corrected chi connectivity index (χ3v) is 2.80. The second-order valence-corrected chi connectivity index (χ2v) is 6.98. The summed E-state index contributed by atoms with van der Waals surface area (Å²) in [5.41, 5.74) is -3.05. The van der Waals surface area contributed by atoms with E-state index in [0.717, 1.165) is 0 Å². The highest BCUT2D eigenvalue weighted by atomic mass is 16.4. The van der Waals surface area contributed by atoms with E-state index in [4.69, 9.17) is 20.7 Å². The van der Waals surface area contributed by atoms with Crippen LogP contribution in [-0.4, -0.2) is 22.2 Å². The average Bonchev–Trinajstić information content (AvgIpc) is 2.38. The van der Waals surface area contributed by atoms with Crippen LogP contribution in [0.1, 0.15) is 41.5 Å². The molecule has 2 N–H and O–H groups in total. The maximum Gasteiger partial charge on any atom is 0.348 e. The number of nitriles is 2. The van der Waals surface area contributed by atoms with Crippen LogP contribution < -0.4 is 0 Å². The number of hydrogen-bond acceptors (Lipinski definition) is 6. The summed E-state index contributed by atoms with van der Waals surface area (Å²) >= 11 is 0. The van der Waals surface area contributed by atoms with E-state index in [0.29, 0.717) is 0 Å². The summed E-state index contributed by atoms with van der Waals surface area (Å²) in [7, 11) is 0. The van der Waals surface area contributed by atoms with Crippen molar-refractivity contribution in [1.29, 1.82) is 10.5 Å². The molecule has 0 fully saturated rings. The maximum atomic E-state index is 11.2. The minimum Gasteiger partial charge on any atom is -0.477 e. The second kappa shape index (κ2) is 7.51. The SMILES string of the molecule is CC(C)(C)C(N=NC(=C(C#N)C(=O)O)C(C)(C)C)=C(C#N)C(=O)O. The molecule has 0 rings (SSSR count). The topological polar surface area (TPSA) is 147 Å². The Morgan fingerprint density at radius 3 is 1.12 bits per heavy atom. The molecule has 0 aromatic heterocycles. The zero-order chi connectivity index (χ0) is 19.3. The van der Waals surface area contributed by atoms with Crippen molar-refractivity contribution in [3.05, 3.63) is 22.5 Å². The third-order valence-electron chi connectivity index (χ3n) is 2.80. The van der Waals surface area contributed by atoms with Crippen molar-refractivity contribution in [2.75, 3.05) is 0 Å². The zero-order valence-corrected chi connectivity index (χ0v) is 14.5. The van der Waals surface area contributed by atoms with Gasteiger partial charge in [0.2, 0.25) is 0 Å². The summed E-state index contributed by atoms with van der Waals surface area (Å²) < 4.78 is 0. The lowest BCUT2D eigenvalue weighted by atomic mass is 9.88. The van der Waals surface area contributed by atoms with Gasteiger partial charge >= 0.3 is 11.9 Å². The number of carboxylic acids is 2. The van der Waals surface area contributed by atoms with Crippen molar-refractivity contribution in [3.8, 4) is 12.1 Å². The predicted octanol–water partition coefficient (Wildman–Crippen LogP) is 3.26. The molecule has 0 amide bonds. The Morgan fingerprint density at radius 1 is 0.750 bits per heavy atom. The molecule has 0 radical (unpaired) electrons. The third kappa shape index (κ3) is 5.33. The Labute approximate surface area is 140 Å². The molecule has 24 heavy (non-hydrogen) atoms. The molecule has 0 saturated carbocycles. The highest BCUT2D eigenvalue weighted by molar-refractivity contribution is 5.92. The lowest BCUT2D eigenvalue weighted by Gasteiger charge is -2.21. The molecule has 0 atom stereocenters. The molecule has 0 aromatic rings. The Hall–Kier alpha value is -3.00. The molecule has 0 aliphatic heterocycles. The van der Waals surface area contributed by atoms with Gasteiger partial charge < -0.3 is 10.2 Å². The standard InChI is InChI=1S/C16H20N4O4/c1-15(2,3)11(9(7-17)13(21)22)19-20-12(16(4,5)6)10(8-18)14(23)24/h1-6H3,(H,21,22)(H,23,24). The fourth-order valence-electron chi connectivity index (χ4n) is 1.65. The Kier molecular flexibility index (Phi) is 6.57. The van der Waals surface area contributed by atoms with Crippen molar-refractivity contribution in [1.82, 2.24) is 0 Å². The molecule has 0 spiro atoms. The largest absolute Gasteiger partial charge is 0.477 e. The van der Waals surface area contributed by atoms with Gasteiger partial charge in [0.1, 0.15) is 12.1 Å². The smallest absolute Gasteiger partial charge is 0.348 e.